The van der Waals surface area contributed by atoms with E-state index in [-0.39, 0.29) is 12.1 Å². The van der Waals surface area contributed by atoms with E-state index in [2.05, 4.69) is 31.0 Å². The zero-order chi connectivity index (χ0) is 9.90. The van der Waals surface area contributed by atoms with Crippen molar-refractivity contribution in [3.05, 3.63) is 0 Å². The maximum absolute atomic E-state index is 9.45. The minimum Gasteiger partial charge on any atom is -0.394 e. The number of piperazine rings is 1. The molecule has 0 aromatic rings. The summed E-state index contributed by atoms with van der Waals surface area (Å²) in [6.45, 7) is 11.0. The zero-order valence-corrected chi connectivity index (χ0v) is 9.01. The molecule has 0 saturated carbocycles. The quantitative estimate of drug-likeness (QED) is 0.665. The molecule has 1 fully saturated rings. The summed E-state index contributed by atoms with van der Waals surface area (Å²) >= 11 is 0. The van der Waals surface area contributed by atoms with Crippen LogP contribution in [0.15, 0.2) is 0 Å². The number of hydrogen-bond acceptors (Lipinski definition) is 3. The largest absolute Gasteiger partial charge is 0.394 e. The Labute approximate surface area is 81.1 Å². The van der Waals surface area contributed by atoms with Crippen LogP contribution in [0.2, 0.25) is 0 Å². The summed E-state index contributed by atoms with van der Waals surface area (Å²) in [5.41, 5.74) is -0.0396. The Kier molecular flexibility index (Phi) is 3.71. The molecule has 0 amide bonds. The van der Waals surface area contributed by atoms with E-state index in [1.807, 2.05) is 0 Å². The van der Waals surface area contributed by atoms with E-state index >= 15 is 0 Å². The summed E-state index contributed by atoms with van der Waals surface area (Å²) in [7, 11) is 0. The smallest absolute Gasteiger partial charge is 0.0615 e. The molecular weight excluding hydrogens is 164 g/mol. The molecule has 0 aromatic heterocycles. The van der Waals surface area contributed by atoms with Gasteiger partial charge in [-0.15, -0.1) is 0 Å². The van der Waals surface area contributed by atoms with Crippen molar-refractivity contribution in [1.29, 1.82) is 0 Å². The van der Waals surface area contributed by atoms with E-state index in [1.54, 1.807) is 0 Å². The van der Waals surface area contributed by atoms with Gasteiger partial charge in [-0.3, -0.25) is 4.90 Å². The summed E-state index contributed by atoms with van der Waals surface area (Å²) in [5, 5.41) is 12.8. The summed E-state index contributed by atoms with van der Waals surface area (Å²) < 4.78 is 0. The Balaban J connectivity index is 2.62. The van der Waals surface area contributed by atoms with Crippen molar-refractivity contribution in [2.45, 2.75) is 26.3 Å². The third-order valence-corrected chi connectivity index (χ3v) is 3.40. The van der Waals surface area contributed by atoms with Gasteiger partial charge in [0.25, 0.3) is 0 Å². The molecule has 0 spiro atoms. The van der Waals surface area contributed by atoms with Crippen LogP contribution >= 0.6 is 0 Å². The predicted molar refractivity (Wildman–Crippen MR) is 54.8 cm³/mol. The minimum absolute atomic E-state index is 0.0396. The second kappa shape index (κ2) is 4.40. The summed E-state index contributed by atoms with van der Waals surface area (Å²) in [6, 6.07) is 0. The molecule has 1 saturated heterocycles. The SMILES string of the molecule is CC(C)C(C)(CO)N1CCNCC1. The van der Waals surface area contributed by atoms with E-state index in [0.29, 0.717) is 5.92 Å². The molecule has 1 rings (SSSR count). The average molecular weight is 186 g/mol. The van der Waals surface area contributed by atoms with Crippen LogP contribution in [0.4, 0.5) is 0 Å². The first-order valence-electron chi connectivity index (χ1n) is 5.18. The Morgan fingerprint density at radius 2 is 1.92 bits per heavy atom. The van der Waals surface area contributed by atoms with E-state index in [4.69, 9.17) is 0 Å². The molecule has 1 aliphatic rings. The number of nitrogens with one attached hydrogen (secondary N) is 1. The monoisotopic (exact) mass is 186 g/mol. The van der Waals surface area contributed by atoms with E-state index in [9.17, 15) is 5.11 Å². The normalized spacial score (nSPS) is 24.7. The fourth-order valence-electron chi connectivity index (χ4n) is 1.82. The van der Waals surface area contributed by atoms with Gasteiger partial charge in [0, 0.05) is 31.7 Å². The van der Waals surface area contributed by atoms with Crippen molar-refractivity contribution >= 4 is 0 Å². The van der Waals surface area contributed by atoms with Gasteiger partial charge >= 0.3 is 0 Å². The van der Waals surface area contributed by atoms with Crippen molar-refractivity contribution in [2.24, 2.45) is 5.92 Å². The maximum atomic E-state index is 9.45. The Hall–Kier alpha value is -0.120. The van der Waals surface area contributed by atoms with E-state index in [0.717, 1.165) is 26.2 Å². The fourth-order valence-corrected chi connectivity index (χ4v) is 1.82. The average Bonchev–Trinajstić information content (AvgIpc) is 2.17. The molecule has 0 aliphatic carbocycles. The van der Waals surface area contributed by atoms with Crippen LogP contribution in [0, 0.1) is 5.92 Å². The van der Waals surface area contributed by atoms with Gasteiger partial charge in [0.2, 0.25) is 0 Å². The number of rotatable bonds is 3. The standard InChI is InChI=1S/C10H22N2O/c1-9(2)10(3,8-13)12-6-4-11-5-7-12/h9,11,13H,4-8H2,1-3H3. The highest BCUT2D eigenvalue weighted by molar-refractivity contribution is 4.90. The topological polar surface area (TPSA) is 35.5 Å². The highest BCUT2D eigenvalue weighted by Crippen LogP contribution is 2.24. The number of hydrogen-bond donors (Lipinski definition) is 2. The highest BCUT2D eigenvalue weighted by atomic mass is 16.3. The van der Waals surface area contributed by atoms with Gasteiger partial charge in [-0.05, 0) is 12.8 Å². The third kappa shape index (κ3) is 2.22. The van der Waals surface area contributed by atoms with Crippen molar-refractivity contribution in [3.63, 3.8) is 0 Å². The van der Waals surface area contributed by atoms with Gasteiger partial charge < -0.3 is 10.4 Å². The fraction of sp³-hybridized carbons (Fsp3) is 1.00. The second-order valence-electron chi connectivity index (χ2n) is 4.41. The van der Waals surface area contributed by atoms with Crippen molar-refractivity contribution < 1.29 is 5.11 Å². The minimum atomic E-state index is -0.0396. The summed E-state index contributed by atoms with van der Waals surface area (Å²) in [4.78, 5) is 2.40. The zero-order valence-electron chi connectivity index (χ0n) is 9.01. The van der Waals surface area contributed by atoms with E-state index < -0.39 is 0 Å². The molecule has 1 atom stereocenters. The molecule has 0 bridgehead atoms. The molecule has 3 heteroatoms. The van der Waals surface area contributed by atoms with Crippen LogP contribution < -0.4 is 5.32 Å². The lowest BCUT2D eigenvalue weighted by Crippen LogP contribution is -2.59. The number of aliphatic hydroxyl groups is 1. The molecular formula is C10H22N2O. The summed E-state index contributed by atoms with van der Waals surface area (Å²) in [6.07, 6.45) is 0. The predicted octanol–water partition coefficient (Wildman–Crippen LogP) is 0.299. The molecule has 1 unspecified atom stereocenters. The molecule has 0 radical (unpaired) electrons. The van der Waals surface area contributed by atoms with Crippen LogP contribution in [0.5, 0.6) is 0 Å². The van der Waals surface area contributed by atoms with Crippen LogP contribution in [0.1, 0.15) is 20.8 Å². The Bertz CT molecular complexity index is 155. The maximum Gasteiger partial charge on any atom is 0.0615 e. The molecule has 2 N–H and O–H groups in total. The molecule has 1 heterocycles. The lowest BCUT2D eigenvalue weighted by molar-refractivity contribution is 0.000737. The molecule has 13 heavy (non-hydrogen) atoms. The molecule has 78 valence electrons. The van der Waals surface area contributed by atoms with E-state index in [1.165, 1.54) is 0 Å². The Morgan fingerprint density at radius 1 is 1.38 bits per heavy atom. The van der Waals surface area contributed by atoms with Crippen LogP contribution in [0.3, 0.4) is 0 Å². The Morgan fingerprint density at radius 3 is 2.31 bits per heavy atom. The van der Waals surface area contributed by atoms with Gasteiger partial charge in [-0.1, -0.05) is 13.8 Å². The lowest BCUT2D eigenvalue weighted by atomic mass is 9.87. The van der Waals surface area contributed by atoms with Crippen molar-refractivity contribution in [3.8, 4) is 0 Å². The third-order valence-electron chi connectivity index (χ3n) is 3.40. The molecule has 0 aromatic carbocycles. The first-order valence-corrected chi connectivity index (χ1v) is 5.18. The lowest BCUT2D eigenvalue weighted by Gasteiger charge is -2.45. The van der Waals surface area contributed by atoms with Gasteiger partial charge in [-0.25, -0.2) is 0 Å². The highest BCUT2D eigenvalue weighted by Gasteiger charge is 2.34. The van der Waals surface area contributed by atoms with Gasteiger partial charge in [-0.2, -0.15) is 0 Å². The van der Waals surface area contributed by atoms with Crippen LogP contribution in [0.25, 0.3) is 0 Å². The van der Waals surface area contributed by atoms with Crippen molar-refractivity contribution in [1.82, 2.24) is 10.2 Å². The van der Waals surface area contributed by atoms with Crippen molar-refractivity contribution in [2.75, 3.05) is 32.8 Å². The molecule has 1 aliphatic heterocycles. The van der Waals surface area contributed by atoms with Crippen LogP contribution in [-0.4, -0.2) is 48.3 Å². The van der Waals surface area contributed by atoms with Gasteiger partial charge in [0.05, 0.1) is 6.61 Å². The van der Waals surface area contributed by atoms with Crippen LogP contribution in [-0.2, 0) is 0 Å². The van der Waals surface area contributed by atoms with Gasteiger partial charge in [0.15, 0.2) is 0 Å². The second-order valence-corrected chi connectivity index (χ2v) is 4.41. The number of aliphatic hydroxyl groups excluding tert-OH is 1. The molecule has 3 nitrogen and oxygen atoms in total. The first-order chi connectivity index (χ1) is 6.11. The van der Waals surface area contributed by atoms with Gasteiger partial charge in [0.1, 0.15) is 0 Å². The summed E-state index contributed by atoms with van der Waals surface area (Å²) in [5.74, 6) is 0.496. The number of nitrogens with zero attached hydrogens (tertiary/aromatic N) is 1. The first kappa shape index (κ1) is 11.0.